The number of hydrogen-bond donors (Lipinski definition) is 1. The fraction of sp³-hybridized carbons (Fsp3) is 0.308. The Hall–Kier alpha value is -1.41. The monoisotopic (exact) mass is 201 g/mol. The van der Waals surface area contributed by atoms with Crippen molar-refractivity contribution in [1.82, 2.24) is 5.32 Å². The highest BCUT2D eigenvalue weighted by Gasteiger charge is 2.20. The van der Waals surface area contributed by atoms with Crippen LogP contribution in [0.1, 0.15) is 33.9 Å². The molecule has 1 aliphatic heterocycles. The van der Waals surface area contributed by atoms with Crippen molar-refractivity contribution >= 4 is 6.29 Å². The maximum absolute atomic E-state index is 11.0. The van der Waals surface area contributed by atoms with Gasteiger partial charge in [-0.15, -0.1) is 6.58 Å². The first-order valence-corrected chi connectivity index (χ1v) is 5.28. The molecular formula is C13H15NO. The Morgan fingerprint density at radius 1 is 1.53 bits per heavy atom. The van der Waals surface area contributed by atoms with Crippen molar-refractivity contribution in [3.8, 4) is 0 Å². The molecule has 0 saturated carbocycles. The molecule has 2 heteroatoms. The maximum Gasteiger partial charge on any atom is 0.150 e. The van der Waals surface area contributed by atoms with E-state index < -0.39 is 0 Å². The van der Waals surface area contributed by atoms with Crippen LogP contribution in [0.5, 0.6) is 0 Å². The summed E-state index contributed by atoms with van der Waals surface area (Å²) in [7, 11) is 0. The summed E-state index contributed by atoms with van der Waals surface area (Å²) in [6, 6.07) is 6.21. The average Bonchev–Trinajstić information content (AvgIpc) is 2.29. The van der Waals surface area contributed by atoms with Crippen LogP contribution in [0.15, 0.2) is 30.9 Å². The van der Waals surface area contributed by atoms with Crippen molar-refractivity contribution < 1.29 is 4.79 Å². The van der Waals surface area contributed by atoms with E-state index >= 15 is 0 Å². The SMILES string of the molecule is C=CCC1NCCc2cccc(C=O)c21. The van der Waals surface area contributed by atoms with E-state index in [1.165, 1.54) is 11.1 Å². The van der Waals surface area contributed by atoms with Crippen LogP contribution in [0.3, 0.4) is 0 Å². The normalized spacial score (nSPS) is 19.3. The fourth-order valence-electron chi connectivity index (χ4n) is 2.23. The first-order chi connectivity index (χ1) is 7.36. The number of fused-ring (bicyclic) bond motifs is 1. The van der Waals surface area contributed by atoms with Crippen LogP contribution in [-0.4, -0.2) is 12.8 Å². The van der Waals surface area contributed by atoms with Crippen LogP contribution in [0.4, 0.5) is 0 Å². The summed E-state index contributed by atoms with van der Waals surface area (Å²) in [5, 5.41) is 3.42. The van der Waals surface area contributed by atoms with Gasteiger partial charge in [0.05, 0.1) is 0 Å². The predicted molar refractivity (Wildman–Crippen MR) is 61.1 cm³/mol. The van der Waals surface area contributed by atoms with Crippen molar-refractivity contribution in [1.29, 1.82) is 0 Å². The zero-order chi connectivity index (χ0) is 10.7. The standard InChI is InChI=1S/C13H15NO/c1-2-4-12-13-10(7-8-14-12)5-3-6-11(13)9-15/h2-3,5-6,9,12,14H,1,4,7-8H2. The lowest BCUT2D eigenvalue weighted by Gasteiger charge is -2.27. The van der Waals surface area contributed by atoms with E-state index in [0.717, 1.165) is 31.2 Å². The summed E-state index contributed by atoms with van der Waals surface area (Å²) >= 11 is 0. The topological polar surface area (TPSA) is 29.1 Å². The van der Waals surface area contributed by atoms with Crippen molar-refractivity contribution in [2.24, 2.45) is 0 Å². The summed E-state index contributed by atoms with van der Waals surface area (Å²) in [5.74, 6) is 0. The minimum Gasteiger partial charge on any atom is -0.309 e. The highest BCUT2D eigenvalue weighted by molar-refractivity contribution is 5.78. The van der Waals surface area contributed by atoms with Gasteiger partial charge in [0.1, 0.15) is 6.29 Å². The molecule has 0 aliphatic carbocycles. The van der Waals surface area contributed by atoms with Gasteiger partial charge in [-0.3, -0.25) is 4.79 Å². The Bertz CT molecular complexity index is 384. The van der Waals surface area contributed by atoms with E-state index in [1.54, 1.807) is 0 Å². The van der Waals surface area contributed by atoms with Crippen molar-refractivity contribution in [2.45, 2.75) is 18.9 Å². The molecule has 1 aromatic carbocycles. The minimum atomic E-state index is 0.257. The Morgan fingerprint density at radius 3 is 3.13 bits per heavy atom. The van der Waals surface area contributed by atoms with Gasteiger partial charge >= 0.3 is 0 Å². The zero-order valence-electron chi connectivity index (χ0n) is 8.70. The highest BCUT2D eigenvalue weighted by atomic mass is 16.1. The van der Waals surface area contributed by atoms with Gasteiger partial charge in [0.15, 0.2) is 0 Å². The Labute approximate surface area is 90.0 Å². The second-order valence-electron chi connectivity index (χ2n) is 3.82. The molecule has 78 valence electrons. The van der Waals surface area contributed by atoms with E-state index in [2.05, 4.69) is 18.0 Å². The second kappa shape index (κ2) is 4.41. The van der Waals surface area contributed by atoms with Gasteiger partial charge < -0.3 is 5.32 Å². The van der Waals surface area contributed by atoms with Crippen LogP contribution >= 0.6 is 0 Å². The molecule has 1 aliphatic rings. The third-order valence-electron chi connectivity index (χ3n) is 2.89. The minimum absolute atomic E-state index is 0.257. The van der Waals surface area contributed by atoms with Crippen LogP contribution in [0.2, 0.25) is 0 Å². The van der Waals surface area contributed by atoms with Gasteiger partial charge in [0.25, 0.3) is 0 Å². The van der Waals surface area contributed by atoms with E-state index in [9.17, 15) is 4.79 Å². The van der Waals surface area contributed by atoms with Gasteiger partial charge in [0.2, 0.25) is 0 Å². The fourth-order valence-corrected chi connectivity index (χ4v) is 2.23. The summed E-state index contributed by atoms with van der Waals surface area (Å²) < 4.78 is 0. The van der Waals surface area contributed by atoms with Crippen LogP contribution < -0.4 is 5.32 Å². The van der Waals surface area contributed by atoms with E-state index in [-0.39, 0.29) is 6.04 Å². The van der Waals surface area contributed by atoms with Gasteiger partial charge in [0, 0.05) is 11.6 Å². The smallest absolute Gasteiger partial charge is 0.150 e. The van der Waals surface area contributed by atoms with Crippen LogP contribution in [-0.2, 0) is 6.42 Å². The molecule has 0 saturated heterocycles. The van der Waals surface area contributed by atoms with E-state index in [0.29, 0.717) is 0 Å². The Balaban J connectivity index is 2.46. The molecule has 0 bridgehead atoms. The molecule has 0 fully saturated rings. The molecule has 1 heterocycles. The molecule has 0 amide bonds. The third-order valence-corrected chi connectivity index (χ3v) is 2.89. The molecular weight excluding hydrogens is 186 g/mol. The summed E-state index contributed by atoms with van der Waals surface area (Å²) in [6.07, 6.45) is 4.72. The number of benzene rings is 1. The Kier molecular flexibility index (Phi) is 2.97. The molecule has 0 spiro atoms. The number of hydrogen-bond acceptors (Lipinski definition) is 2. The van der Waals surface area contributed by atoms with Crippen molar-refractivity contribution in [3.05, 3.63) is 47.5 Å². The quantitative estimate of drug-likeness (QED) is 0.600. The molecule has 1 N–H and O–H groups in total. The Morgan fingerprint density at radius 2 is 2.40 bits per heavy atom. The summed E-state index contributed by atoms with van der Waals surface area (Å²) in [5.41, 5.74) is 3.27. The lowest BCUT2D eigenvalue weighted by Crippen LogP contribution is -2.30. The maximum atomic E-state index is 11.0. The summed E-state index contributed by atoms with van der Waals surface area (Å²) in [4.78, 5) is 11.0. The lowest BCUT2D eigenvalue weighted by molar-refractivity contribution is 0.112. The summed E-state index contributed by atoms with van der Waals surface area (Å²) in [6.45, 7) is 4.73. The largest absolute Gasteiger partial charge is 0.309 e. The highest BCUT2D eigenvalue weighted by Crippen LogP contribution is 2.28. The van der Waals surface area contributed by atoms with Crippen molar-refractivity contribution in [2.75, 3.05) is 6.54 Å². The molecule has 1 atom stereocenters. The van der Waals surface area contributed by atoms with Gasteiger partial charge in [-0.2, -0.15) is 0 Å². The van der Waals surface area contributed by atoms with E-state index in [4.69, 9.17) is 0 Å². The second-order valence-corrected chi connectivity index (χ2v) is 3.82. The number of carbonyl (C=O) groups is 1. The molecule has 2 nitrogen and oxygen atoms in total. The molecule has 0 aromatic heterocycles. The van der Waals surface area contributed by atoms with Crippen LogP contribution in [0.25, 0.3) is 0 Å². The molecule has 15 heavy (non-hydrogen) atoms. The van der Waals surface area contributed by atoms with Crippen LogP contribution in [0, 0.1) is 0 Å². The zero-order valence-corrected chi connectivity index (χ0v) is 8.70. The number of aldehydes is 1. The number of rotatable bonds is 3. The molecule has 0 radical (unpaired) electrons. The van der Waals surface area contributed by atoms with Crippen molar-refractivity contribution in [3.63, 3.8) is 0 Å². The van der Waals surface area contributed by atoms with Gasteiger partial charge in [-0.05, 0) is 30.5 Å². The number of carbonyl (C=O) groups excluding carboxylic acids is 1. The molecule has 1 unspecified atom stereocenters. The van der Waals surface area contributed by atoms with E-state index in [1.807, 2.05) is 18.2 Å². The molecule has 2 rings (SSSR count). The lowest BCUT2D eigenvalue weighted by atomic mass is 9.89. The molecule has 1 aromatic rings. The number of nitrogens with one attached hydrogen (secondary N) is 1. The van der Waals surface area contributed by atoms with Gasteiger partial charge in [-0.25, -0.2) is 0 Å². The average molecular weight is 201 g/mol. The predicted octanol–water partition coefficient (Wildman–Crippen LogP) is 2.26. The third kappa shape index (κ3) is 1.85. The van der Waals surface area contributed by atoms with Gasteiger partial charge in [-0.1, -0.05) is 24.3 Å². The first-order valence-electron chi connectivity index (χ1n) is 5.28. The first kappa shape index (κ1) is 10.1.